The third kappa shape index (κ3) is 5.21. The van der Waals surface area contributed by atoms with Gasteiger partial charge in [0, 0.05) is 18.7 Å². The van der Waals surface area contributed by atoms with Gasteiger partial charge in [-0.25, -0.2) is 14.2 Å². The number of amides is 2. The number of carbonyl (C=O) groups excluding carboxylic acids is 1. The number of nitrogens with one attached hydrogen (secondary N) is 1. The van der Waals surface area contributed by atoms with E-state index in [0.29, 0.717) is 5.56 Å². The summed E-state index contributed by atoms with van der Waals surface area (Å²) in [6.07, 6.45) is -0.963. The number of nitrogens with zero attached hydrogens (tertiary/aromatic N) is 1. The maximum Gasteiger partial charge on any atom is 0.404 e. The average molecular weight is 326 g/mol. The van der Waals surface area contributed by atoms with E-state index in [2.05, 4.69) is 5.32 Å². The van der Waals surface area contributed by atoms with Crippen LogP contribution in [-0.4, -0.2) is 42.4 Å². The second kappa shape index (κ2) is 7.41. The van der Waals surface area contributed by atoms with Gasteiger partial charge in [-0.3, -0.25) is 9.63 Å². The van der Waals surface area contributed by atoms with Crippen LogP contribution in [0.25, 0.3) is 0 Å². The van der Waals surface area contributed by atoms with Crippen LogP contribution in [0.3, 0.4) is 0 Å². The lowest BCUT2D eigenvalue weighted by Crippen LogP contribution is -2.44. The second-order valence-corrected chi connectivity index (χ2v) is 6.36. The number of hydrogen-bond donors (Lipinski definition) is 2. The molecule has 0 aromatic heterocycles. The number of carbonyl (C=O) groups is 2. The predicted octanol–water partition coefficient (Wildman–Crippen LogP) is 2.68. The van der Waals surface area contributed by atoms with Crippen molar-refractivity contribution in [3.05, 3.63) is 35.1 Å². The van der Waals surface area contributed by atoms with Crippen LogP contribution in [0.5, 0.6) is 0 Å². The summed E-state index contributed by atoms with van der Waals surface area (Å²) in [6, 6.07) is 3.66. The van der Waals surface area contributed by atoms with E-state index in [-0.39, 0.29) is 17.4 Å². The Morgan fingerprint density at radius 2 is 2.00 bits per heavy atom. The van der Waals surface area contributed by atoms with E-state index >= 15 is 0 Å². The summed E-state index contributed by atoms with van der Waals surface area (Å²) >= 11 is 0. The van der Waals surface area contributed by atoms with Gasteiger partial charge in [0.25, 0.3) is 5.91 Å². The van der Waals surface area contributed by atoms with E-state index < -0.39 is 23.9 Å². The minimum absolute atomic E-state index is 0.161. The van der Waals surface area contributed by atoms with Crippen molar-refractivity contribution in [1.29, 1.82) is 0 Å². The molecule has 0 heterocycles. The molecule has 0 spiro atoms. The summed E-state index contributed by atoms with van der Waals surface area (Å²) in [4.78, 5) is 27.6. The molecule has 0 bridgehead atoms. The Hall–Kier alpha value is -2.15. The zero-order valence-electron chi connectivity index (χ0n) is 14.0. The molecular weight excluding hydrogens is 303 g/mol. The molecule has 1 atom stereocenters. The maximum absolute atomic E-state index is 14.3. The van der Waals surface area contributed by atoms with Crippen molar-refractivity contribution in [2.45, 2.75) is 33.2 Å². The lowest BCUT2D eigenvalue weighted by atomic mass is 9.83. The molecule has 0 saturated heterocycles. The van der Waals surface area contributed by atoms with Crippen LogP contribution >= 0.6 is 0 Å². The first-order valence-corrected chi connectivity index (χ1v) is 7.16. The van der Waals surface area contributed by atoms with Crippen LogP contribution in [-0.2, 0) is 11.3 Å². The number of benzene rings is 1. The van der Waals surface area contributed by atoms with Gasteiger partial charge >= 0.3 is 6.09 Å². The molecule has 0 radical (unpaired) electrons. The van der Waals surface area contributed by atoms with Crippen molar-refractivity contribution >= 4 is 12.0 Å². The highest BCUT2D eigenvalue weighted by molar-refractivity contribution is 5.93. The Morgan fingerprint density at radius 1 is 1.39 bits per heavy atom. The summed E-state index contributed by atoms with van der Waals surface area (Å²) in [7, 11) is 2.77. The third-order valence-corrected chi connectivity index (χ3v) is 3.63. The van der Waals surface area contributed by atoms with Crippen LogP contribution in [0.4, 0.5) is 9.18 Å². The van der Waals surface area contributed by atoms with Crippen LogP contribution in [0.15, 0.2) is 18.2 Å². The topological polar surface area (TPSA) is 78.9 Å². The first kappa shape index (κ1) is 18.9. The Labute approximate surface area is 135 Å². The zero-order chi connectivity index (χ0) is 17.8. The van der Waals surface area contributed by atoms with Gasteiger partial charge in [-0.15, -0.1) is 0 Å². The molecule has 1 unspecified atom stereocenters. The first-order chi connectivity index (χ1) is 10.6. The van der Waals surface area contributed by atoms with Gasteiger partial charge in [-0.05, 0) is 29.5 Å². The standard InChI is InChI=1S/C16H23FN2O4/c1-16(2,3)13(18-15(21)22)9-10-6-7-11(8-12(10)17)14(20)19(4)23-5/h6-8,13,18H,9H2,1-5H3,(H,21,22). The maximum atomic E-state index is 14.3. The molecule has 0 saturated carbocycles. The van der Waals surface area contributed by atoms with Crippen molar-refractivity contribution < 1.29 is 23.9 Å². The van der Waals surface area contributed by atoms with Crippen molar-refractivity contribution in [3.8, 4) is 0 Å². The Kier molecular flexibility index (Phi) is 6.09. The van der Waals surface area contributed by atoms with Gasteiger partial charge in [-0.2, -0.15) is 0 Å². The van der Waals surface area contributed by atoms with Crippen LogP contribution in [0.1, 0.15) is 36.7 Å². The van der Waals surface area contributed by atoms with Crippen molar-refractivity contribution in [1.82, 2.24) is 10.4 Å². The fraction of sp³-hybridized carbons (Fsp3) is 0.500. The molecule has 0 fully saturated rings. The van der Waals surface area contributed by atoms with E-state index in [1.54, 1.807) is 0 Å². The molecule has 1 rings (SSSR count). The highest BCUT2D eigenvalue weighted by Crippen LogP contribution is 2.24. The smallest absolute Gasteiger partial charge is 0.404 e. The monoisotopic (exact) mass is 326 g/mol. The minimum Gasteiger partial charge on any atom is -0.465 e. The van der Waals surface area contributed by atoms with Crippen LogP contribution in [0, 0.1) is 11.2 Å². The fourth-order valence-corrected chi connectivity index (χ4v) is 2.05. The zero-order valence-corrected chi connectivity index (χ0v) is 14.0. The Morgan fingerprint density at radius 3 is 2.43 bits per heavy atom. The molecule has 7 heteroatoms. The van der Waals surface area contributed by atoms with Gasteiger partial charge in [-0.1, -0.05) is 26.8 Å². The molecule has 0 aliphatic carbocycles. The summed E-state index contributed by atoms with van der Waals surface area (Å²) in [5.74, 6) is -1.02. The number of rotatable bonds is 5. The molecule has 128 valence electrons. The summed E-state index contributed by atoms with van der Waals surface area (Å²) < 4.78 is 14.3. The van der Waals surface area contributed by atoms with E-state index in [4.69, 9.17) is 9.94 Å². The highest BCUT2D eigenvalue weighted by Gasteiger charge is 2.27. The summed E-state index contributed by atoms with van der Waals surface area (Å²) in [5, 5.41) is 12.3. The van der Waals surface area contributed by atoms with E-state index in [1.165, 1.54) is 26.3 Å². The first-order valence-electron chi connectivity index (χ1n) is 7.16. The quantitative estimate of drug-likeness (QED) is 0.816. The molecule has 2 N–H and O–H groups in total. The van der Waals surface area contributed by atoms with Gasteiger partial charge in [0.1, 0.15) is 5.82 Å². The Bertz CT molecular complexity index is 584. The lowest BCUT2D eigenvalue weighted by molar-refractivity contribution is -0.0757. The number of halogens is 1. The predicted molar refractivity (Wildman–Crippen MR) is 83.6 cm³/mol. The summed E-state index contributed by atoms with van der Waals surface area (Å²) in [6.45, 7) is 5.62. The Balaban J connectivity index is 3.01. The van der Waals surface area contributed by atoms with Crippen molar-refractivity contribution in [2.24, 2.45) is 5.41 Å². The normalized spacial score (nSPS) is 12.6. The van der Waals surface area contributed by atoms with Crippen molar-refractivity contribution in [2.75, 3.05) is 14.2 Å². The average Bonchev–Trinajstić information content (AvgIpc) is 2.45. The van der Waals surface area contributed by atoms with E-state index in [9.17, 15) is 14.0 Å². The molecule has 1 aromatic carbocycles. The van der Waals surface area contributed by atoms with Crippen molar-refractivity contribution in [3.63, 3.8) is 0 Å². The second-order valence-electron chi connectivity index (χ2n) is 6.36. The minimum atomic E-state index is -1.15. The fourth-order valence-electron chi connectivity index (χ4n) is 2.05. The largest absolute Gasteiger partial charge is 0.465 e. The molecule has 0 aliphatic rings. The van der Waals surface area contributed by atoms with E-state index in [0.717, 1.165) is 11.1 Å². The number of carboxylic acid groups (broad SMARTS) is 1. The highest BCUT2D eigenvalue weighted by atomic mass is 19.1. The molecule has 1 aromatic rings. The van der Waals surface area contributed by atoms with Gasteiger partial charge in [0.15, 0.2) is 0 Å². The molecule has 6 nitrogen and oxygen atoms in total. The number of hydroxylamine groups is 2. The third-order valence-electron chi connectivity index (χ3n) is 3.63. The lowest BCUT2D eigenvalue weighted by Gasteiger charge is -2.30. The molecule has 23 heavy (non-hydrogen) atoms. The van der Waals surface area contributed by atoms with Gasteiger partial charge in [0.2, 0.25) is 0 Å². The molecular formula is C16H23FN2O4. The molecule has 0 aliphatic heterocycles. The molecule has 2 amide bonds. The van der Waals surface area contributed by atoms with Crippen LogP contribution < -0.4 is 5.32 Å². The SMILES string of the molecule is CON(C)C(=O)c1ccc(CC(NC(=O)O)C(C)(C)C)c(F)c1. The van der Waals surface area contributed by atoms with Gasteiger partial charge < -0.3 is 10.4 Å². The summed E-state index contributed by atoms with van der Waals surface area (Å²) in [5.41, 5.74) is 0.125. The van der Waals surface area contributed by atoms with Gasteiger partial charge in [0.05, 0.1) is 7.11 Å². The van der Waals surface area contributed by atoms with Crippen LogP contribution in [0.2, 0.25) is 0 Å². The van der Waals surface area contributed by atoms with E-state index in [1.807, 2.05) is 20.8 Å². The number of hydrogen-bond acceptors (Lipinski definition) is 3.